The van der Waals surface area contributed by atoms with Crippen LogP contribution in [0.3, 0.4) is 0 Å². The first kappa shape index (κ1) is 21.7. The third kappa shape index (κ3) is 4.54. The summed E-state index contributed by atoms with van der Waals surface area (Å²) in [5.74, 6) is 1.31. The summed E-state index contributed by atoms with van der Waals surface area (Å²) >= 11 is 0. The van der Waals surface area contributed by atoms with Crippen molar-refractivity contribution in [2.45, 2.75) is 30.6 Å². The van der Waals surface area contributed by atoms with Gasteiger partial charge in [0.2, 0.25) is 6.29 Å². The Kier molecular flexibility index (Phi) is 5.72. The first-order valence-corrected chi connectivity index (χ1v) is 12.8. The fraction of sp³-hybridized carbons (Fsp3) is 0.320. The molecule has 0 spiro atoms. The van der Waals surface area contributed by atoms with Crippen LogP contribution < -0.4 is 4.74 Å². The molecule has 1 unspecified atom stereocenters. The maximum absolute atomic E-state index is 12.5. The lowest BCUT2D eigenvalue weighted by atomic mass is 9.95. The highest BCUT2D eigenvalue weighted by Gasteiger charge is 2.33. The highest BCUT2D eigenvalue weighted by Crippen LogP contribution is 2.35. The number of piperidine rings is 1. The molecule has 0 saturated carbocycles. The van der Waals surface area contributed by atoms with Crippen molar-refractivity contribution in [1.29, 1.82) is 0 Å². The van der Waals surface area contributed by atoms with Crippen LogP contribution in [0.1, 0.15) is 29.0 Å². The topological polar surface area (TPSA) is 86.1 Å². The molecule has 1 amide bonds. The van der Waals surface area contributed by atoms with E-state index < -0.39 is 9.84 Å². The largest absolute Gasteiger partial charge is 0.464 e. The summed E-state index contributed by atoms with van der Waals surface area (Å²) in [4.78, 5) is 14.6. The van der Waals surface area contributed by atoms with Gasteiger partial charge in [-0.15, -0.1) is 0 Å². The van der Waals surface area contributed by atoms with Crippen LogP contribution in [0.4, 0.5) is 0 Å². The van der Waals surface area contributed by atoms with Crippen molar-refractivity contribution in [3.8, 4) is 16.9 Å². The number of carbonyl (C=O) groups excluding carboxylic acids is 1. The molecule has 1 fully saturated rings. The summed E-state index contributed by atoms with van der Waals surface area (Å²) in [5.41, 5.74) is 2.87. The van der Waals surface area contributed by atoms with Crippen molar-refractivity contribution in [3.05, 3.63) is 72.2 Å². The second-order valence-corrected chi connectivity index (χ2v) is 10.5. The van der Waals surface area contributed by atoms with Crippen LogP contribution in [-0.2, 0) is 21.2 Å². The van der Waals surface area contributed by atoms with Gasteiger partial charge in [-0.3, -0.25) is 4.79 Å². The van der Waals surface area contributed by atoms with Gasteiger partial charge in [-0.1, -0.05) is 18.2 Å². The Hall–Kier alpha value is -3.10. The molecule has 1 atom stereocenters. The number of benzene rings is 2. The molecular formula is C25H25NO6S. The summed E-state index contributed by atoms with van der Waals surface area (Å²) in [5, 5.41) is 0. The molecule has 2 aliphatic heterocycles. The molecule has 8 heteroatoms. The highest BCUT2D eigenvalue weighted by atomic mass is 32.2. The second kappa shape index (κ2) is 8.68. The Morgan fingerprint density at radius 2 is 1.73 bits per heavy atom. The van der Waals surface area contributed by atoms with E-state index in [1.165, 1.54) is 12.5 Å². The van der Waals surface area contributed by atoms with Gasteiger partial charge in [0.25, 0.3) is 5.91 Å². The number of furan rings is 1. The molecule has 3 heterocycles. The van der Waals surface area contributed by atoms with Gasteiger partial charge in [0.05, 0.1) is 17.8 Å². The molecule has 2 aromatic carbocycles. The standard InChI is InChI=1S/C25H25NO6S/c1-33(28,29)21-7-4-17(5-8-21)19-6-9-22-20(15-19)16-31-25(32-22)18-10-12-26(13-11-18)24(27)23-3-2-14-30-23/h2-9,14-15,18,25H,10-13,16H2,1H3. The minimum absolute atomic E-state index is 0.0774. The summed E-state index contributed by atoms with van der Waals surface area (Å²) < 4.78 is 40.8. The summed E-state index contributed by atoms with van der Waals surface area (Å²) in [6.45, 7) is 1.73. The molecule has 172 valence electrons. The first-order valence-electron chi connectivity index (χ1n) is 10.9. The van der Waals surface area contributed by atoms with Crippen molar-refractivity contribution >= 4 is 15.7 Å². The fourth-order valence-corrected chi connectivity index (χ4v) is 5.01. The lowest BCUT2D eigenvalue weighted by Gasteiger charge is -2.37. The minimum Gasteiger partial charge on any atom is -0.464 e. The van der Waals surface area contributed by atoms with E-state index in [4.69, 9.17) is 13.9 Å². The smallest absolute Gasteiger partial charge is 0.289 e. The lowest BCUT2D eigenvalue weighted by molar-refractivity contribution is -0.148. The molecule has 2 aliphatic rings. The van der Waals surface area contributed by atoms with E-state index >= 15 is 0 Å². The maximum atomic E-state index is 12.5. The van der Waals surface area contributed by atoms with Gasteiger partial charge in [-0.2, -0.15) is 0 Å². The number of rotatable bonds is 4. The van der Waals surface area contributed by atoms with E-state index in [0.29, 0.717) is 30.4 Å². The fourth-order valence-electron chi connectivity index (χ4n) is 4.38. The van der Waals surface area contributed by atoms with E-state index in [1.807, 2.05) is 35.2 Å². The minimum atomic E-state index is -3.22. The number of likely N-dealkylation sites (tertiary alicyclic amines) is 1. The molecule has 0 N–H and O–H groups in total. The molecular weight excluding hydrogens is 442 g/mol. The van der Waals surface area contributed by atoms with Gasteiger partial charge in [0.15, 0.2) is 15.6 Å². The van der Waals surface area contributed by atoms with Gasteiger partial charge in [-0.05, 0) is 60.4 Å². The molecule has 0 radical (unpaired) electrons. The van der Waals surface area contributed by atoms with Crippen LogP contribution in [0.25, 0.3) is 11.1 Å². The number of hydrogen-bond acceptors (Lipinski definition) is 6. The van der Waals surface area contributed by atoms with Crippen LogP contribution in [0, 0.1) is 5.92 Å². The van der Waals surface area contributed by atoms with Gasteiger partial charge in [-0.25, -0.2) is 8.42 Å². The van der Waals surface area contributed by atoms with E-state index in [2.05, 4.69) is 0 Å². The zero-order valence-corrected chi connectivity index (χ0v) is 19.1. The predicted molar refractivity (Wildman–Crippen MR) is 122 cm³/mol. The van der Waals surface area contributed by atoms with Gasteiger partial charge in [0, 0.05) is 30.8 Å². The Morgan fingerprint density at radius 3 is 2.39 bits per heavy atom. The number of nitrogens with zero attached hydrogens (tertiary/aromatic N) is 1. The normalized spacial score (nSPS) is 19.1. The van der Waals surface area contributed by atoms with Gasteiger partial charge >= 0.3 is 0 Å². The molecule has 0 bridgehead atoms. The van der Waals surface area contributed by atoms with Crippen LogP contribution >= 0.6 is 0 Å². The molecule has 3 aromatic rings. The number of amides is 1. The monoisotopic (exact) mass is 467 g/mol. The van der Waals surface area contributed by atoms with Crippen molar-refractivity contribution in [2.24, 2.45) is 5.92 Å². The number of hydrogen-bond donors (Lipinski definition) is 0. The van der Waals surface area contributed by atoms with E-state index in [1.54, 1.807) is 24.3 Å². The molecule has 1 aromatic heterocycles. The quantitative estimate of drug-likeness (QED) is 0.573. The van der Waals surface area contributed by atoms with Gasteiger partial charge < -0.3 is 18.8 Å². The second-order valence-electron chi connectivity index (χ2n) is 8.52. The number of sulfone groups is 1. The summed E-state index contributed by atoms with van der Waals surface area (Å²) in [6.07, 6.45) is 3.98. The van der Waals surface area contributed by atoms with Crippen LogP contribution in [0.15, 0.2) is 70.2 Å². The number of ether oxygens (including phenoxy) is 2. The van der Waals surface area contributed by atoms with Crippen molar-refractivity contribution in [3.63, 3.8) is 0 Å². The average Bonchev–Trinajstić information content (AvgIpc) is 3.38. The molecule has 0 aliphatic carbocycles. The Labute approximate surface area is 192 Å². The Balaban J connectivity index is 1.22. The van der Waals surface area contributed by atoms with Crippen molar-refractivity contribution in [1.82, 2.24) is 4.90 Å². The third-order valence-electron chi connectivity index (χ3n) is 6.27. The molecule has 1 saturated heterocycles. The highest BCUT2D eigenvalue weighted by molar-refractivity contribution is 7.90. The summed E-state index contributed by atoms with van der Waals surface area (Å²) in [7, 11) is -3.22. The average molecular weight is 468 g/mol. The van der Waals surface area contributed by atoms with E-state index in [-0.39, 0.29) is 18.1 Å². The third-order valence-corrected chi connectivity index (χ3v) is 7.39. The SMILES string of the molecule is CS(=O)(=O)c1ccc(-c2ccc3c(c2)COC(C2CCN(C(=O)c4ccco4)CC2)O3)cc1. The van der Waals surface area contributed by atoms with E-state index in [9.17, 15) is 13.2 Å². The van der Waals surface area contributed by atoms with Crippen LogP contribution in [0.5, 0.6) is 5.75 Å². The Bertz CT molecular complexity index is 1240. The van der Waals surface area contributed by atoms with E-state index in [0.717, 1.165) is 35.3 Å². The zero-order chi connectivity index (χ0) is 23.0. The predicted octanol–water partition coefficient (Wildman–Crippen LogP) is 4.14. The zero-order valence-electron chi connectivity index (χ0n) is 18.3. The Morgan fingerprint density at radius 1 is 1.00 bits per heavy atom. The van der Waals surface area contributed by atoms with Gasteiger partial charge in [0.1, 0.15) is 5.75 Å². The summed E-state index contributed by atoms with van der Waals surface area (Å²) in [6, 6.07) is 16.2. The van der Waals surface area contributed by atoms with Crippen LogP contribution in [0.2, 0.25) is 0 Å². The molecule has 7 nitrogen and oxygen atoms in total. The molecule has 5 rings (SSSR count). The maximum Gasteiger partial charge on any atom is 0.289 e. The first-order chi connectivity index (χ1) is 15.9. The van der Waals surface area contributed by atoms with Crippen molar-refractivity contribution < 1.29 is 27.1 Å². The van der Waals surface area contributed by atoms with Crippen molar-refractivity contribution in [2.75, 3.05) is 19.3 Å². The number of fused-ring (bicyclic) bond motifs is 1. The number of carbonyl (C=O) groups is 1. The van der Waals surface area contributed by atoms with Crippen LogP contribution in [-0.4, -0.2) is 44.9 Å². The molecule has 33 heavy (non-hydrogen) atoms. The lowest BCUT2D eigenvalue weighted by Crippen LogP contribution is -2.44.